The van der Waals surface area contributed by atoms with Gasteiger partial charge in [-0.05, 0) is 70.9 Å². The van der Waals surface area contributed by atoms with E-state index in [9.17, 15) is 0 Å². The van der Waals surface area contributed by atoms with Crippen molar-refractivity contribution in [3.05, 3.63) is 55.7 Å². The van der Waals surface area contributed by atoms with Gasteiger partial charge in [-0.25, -0.2) is 0 Å². The molecule has 0 bridgehead atoms. The molecule has 19 heavy (non-hydrogen) atoms. The molecule has 2 aromatic rings. The molecule has 0 spiro atoms. The molecule has 0 radical (unpaired) electrons. The minimum absolute atomic E-state index is 0.286. The van der Waals surface area contributed by atoms with Crippen LogP contribution in [0.5, 0.6) is 0 Å². The minimum Gasteiger partial charge on any atom is -0.306 e. The van der Waals surface area contributed by atoms with E-state index >= 15 is 0 Å². The van der Waals surface area contributed by atoms with Crippen molar-refractivity contribution >= 4 is 27.3 Å². The molecule has 0 fully saturated rings. The summed E-state index contributed by atoms with van der Waals surface area (Å²) in [5.41, 5.74) is 4.13. The summed E-state index contributed by atoms with van der Waals surface area (Å²) in [6, 6.07) is 8.99. The Kier molecular flexibility index (Phi) is 5.20. The summed E-state index contributed by atoms with van der Waals surface area (Å²) in [7, 11) is 0. The Hall–Kier alpha value is -0.640. The highest BCUT2D eigenvalue weighted by molar-refractivity contribution is 9.10. The average molecular weight is 338 g/mol. The third-order valence-corrected chi connectivity index (χ3v) is 5.40. The van der Waals surface area contributed by atoms with Crippen molar-refractivity contribution in [2.24, 2.45) is 0 Å². The molecule has 1 heterocycles. The van der Waals surface area contributed by atoms with E-state index in [1.165, 1.54) is 26.0 Å². The van der Waals surface area contributed by atoms with Gasteiger partial charge in [0.2, 0.25) is 0 Å². The van der Waals surface area contributed by atoms with Crippen molar-refractivity contribution in [1.82, 2.24) is 5.32 Å². The molecule has 1 aromatic carbocycles. The number of thiophene rings is 1. The maximum atomic E-state index is 3.68. The van der Waals surface area contributed by atoms with E-state index < -0.39 is 0 Å². The van der Waals surface area contributed by atoms with Crippen molar-refractivity contribution in [2.75, 3.05) is 6.54 Å². The number of hydrogen-bond donors (Lipinski definition) is 1. The molecule has 102 valence electrons. The second-order valence-corrected chi connectivity index (χ2v) is 6.61. The van der Waals surface area contributed by atoms with E-state index in [1.807, 2.05) is 11.3 Å². The SMILES string of the molecule is CCCNC(c1cccc(C)c1C)c1sccc1Br. The van der Waals surface area contributed by atoms with Crippen LogP contribution in [0.25, 0.3) is 0 Å². The Morgan fingerprint density at radius 3 is 2.68 bits per heavy atom. The molecule has 1 nitrogen and oxygen atoms in total. The van der Waals surface area contributed by atoms with Crippen molar-refractivity contribution in [2.45, 2.75) is 33.2 Å². The average Bonchev–Trinajstić information content (AvgIpc) is 2.81. The van der Waals surface area contributed by atoms with Gasteiger partial charge in [-0.2, -0.15) is 0 Å². The first-order valence-electron chi connectivity index (χ1n) is 6.67. The fourth-order valence-electron chi connectivity index (χ4n) is 2.23. The summed E-state index contributed by atoms with van der Waals surface area (Å²) >= 11 is 5.48. The lowest BCUT2D eigenvalue weighted by Gasteiger charge is -2.21. The Balaban J connectivity index is 2.43. The first-order chi connectivity index (χ1) is 9.15. The quantitative estimate of drug-likeness (QED) is 0.788. The topological polar surface area (TPSA) is 12.0 Å². The molecular formula is C16H20BrNS. The van der Waals surface area contributed by atoms with E-state index in [0.717, 1.165) is 13.0 Å². The summed E-state index contributed by atoms with van der Waals surface area (Å²) in [6.45, 7) is 7.63. The molecule has 1 unspecified atom stereocenters. The van der Waals surface area contributed by atoms with Gasteiger partial charge in [-0.15, -0.1) is 11.3 Å². The monoisotopic (exact) mass is 337 g/mol. The second-order valence-electron chi connectivity index (χ2n) is 4.81. The summed E-state index contributed by atoms with van der Waals surface area (Å²) in [4.78, 5) is 1.36. The largest absolute Gasteiger partial charge is 0.306 e. The number of benzene rings is 1. The van der Waals surface area contributed by atoms with Gasteiger partial charge in [0, 0.05) is 9.35 Å². The number of nitrogens with one attached hydrogen (secondary N) is 1. The van der Waals surface area contributed by atoms with Crippen molar-refractivity contribution in [3.8, 4) is 0 Å². The molecule has 0 saturated carbocycles. The number of halogens is 1. The second kappa shape index (κ2) is 6.69. The van der Waals surface area contributed by atoms with Crippen LogP contribution in [-0.4, -0.2) is 6.54 Å². The predicted molar refractivity (Wildman–Crippen MR) is 88.1 cm³/mol. The molecule has 0 saturated heterocycles. The molecule has 0 amide bonds. The summed E-state index contributed by atoms with van der Waals surface area (Å²) in [5.74, 6) is 0. The zero-order chi connectivity index (χ0) is 13.8. The van der Waals surface area contributed by atoms with Gasteiger partial charge < -0.3 is 5.32 Å². The van der Waals surface area contributed by atoms with Crippen LogP contribution in [0.15, 0.2) is 34.1 Å². The summed E-state index contributed by atoms with van der Waals surface area (Å²) < 4.78 is 1.20. The normalized spacial score (nSPS) is 12.6. The highest BCUT2D eigenvalue weighted by Gasteiger charge is 2.19. The Morgan fingerprint density at radius 1 is 1.26 bits per heavy atom. The standard InChI is InChI=1S/C16H20BrNS/c1-4-9-18-15(16-14(17)8-10-19-16)13-7-5-6-11(2)12(13)3/h5-8,10,15,18H,4,9H2,1-3H3. The van der Waals surface area contributed by atoms with Crippen LogP contribution in [-0.2, 0) is 0 Å². The molecule has 1 N–H and O–H groups in total. The fourth-order valence-corrected chi connectivity index (χ4v) is 3.92. The van der Waals surface area contributed by atoms with Gasteiger partial charge in [-0.1, -0.05) is 25.1 Å². The first kappa shape index (κ1) is 14.8. The van der Waals surface area contributed by atoms with Gasteiger partial charge >= 0.3 is 0 Å². The number of aryl methyl sites for hydroxylation is 1. The van der Waals surface area contributed by atoms with Crippen LogP contribution in [0.1, 0.15) is 41.0 Å². The van der Waals surface area contributed by atoms with Gasteiger partial charge in [-0.3, -0.25) is 0 Å². The lowest BCUT2D eigenvalue weighted by molar-refractivity contribution is 0.602. The summed E-state index contributed by atoms with van der Waals surface area (Å²) in [6.07, 6.45) is 1.14. The van der Waals surface area contributed by atoms with Crippen LogP contribution < -0.4 is 5.32 Å². The minimum atomic E-state index is 0.286. The van der Waals surface area contributed by atoms with E-state index in [0.29, 0.717) is 0 Å². The van der Waals surface area contributed by atoms with E-state index in [4.69, 9.17) is 0 Å². The highest BCUT2D eigenvalue weighted by Crippen LogP contribution is 2.35. The molecule has 0 aliphatic rings. The van der Waals surface area contributed by atoms with Gasteiger partial charge in [0.05, 0.1) is 6.04 Å². The van der Waals surface area contributed by atoms with Gasteiger partial charge in [0.25, 0.3) is 0 Å². The maximum absolute atomic E-state index is 3.68. The molecule has 1 aromatic heterocycles. The molecule has 3 heteroatoms. The van der Waals surface area contributed by atoms with Crippen molar-refractivity contribution in [1.29, 1.82) is 0 Å². The molecule has 0 aliphatic heterocycles. The van der Waals surface area contributed by atoms with Gasteiger partial charge in [0.1, 0.15) is 0 Å². The van der Waals surface area contributed by atoms with Crippen LogP contribution >= 0.6 is 27.3 Å². The number of hydrogen-bond acceptors (Lipinski definition) is 2. The van der Waals surface area contributed by atoms with Crippen LogP contribution in [0.2, 0.25) is 0 Å². The predicted octanol–water partition coefficient (Wildman–Crippen LogP) is 5.22. The third kappa shape index (κ3) is 3.28. The van der Waals surface area contributed by atoms with Crippen LogP contribution in [0.3, 0.4) is 0 Å². The Labute approximate surface area is 128 Å². The Bertz CT molecular complexity index is 547. The Morgan fingerprint density at radius 2 is 2.05 bits per heavy atom. The first-order valence-corrected chi connectivity index (χ1v) is 8.34. The molecule has 1 atom stereocenters. The number of rotatable bonds is 5. The lowest BCUT2D eigenvalue weighted by atomic mass is 9.96. The van der Waals surface area contributed by atoms with Gasteiger partial charge in [0.15, 0.2) is 0 Å². The fraction of sp³-hybridized carbons (Fsp3) is 0.375. The molecular weight excluding hydrogens is 318 g/mol. The summed E-state index contributed by atoms with van der Waals surface area (Å²) in [5, 5.41) is 5.82. The lowest BCUT2D eigenvalue weighted by Crippen LogP contribution is -2.23. The molecule has 2 rings (SSSR count). The van der Waals surface area contributed by atoms with Crippen LogP contribution in [0.4, 0.5) is 0 Å². The van der Waals surface area contributed by atoms with E-state index in [2.05, 4.69) is 71.7 Å². The zero-order valence-electron chi connectivity index (χ0n) is 11.7. The van der Waals surface area contributed by atoms with Crippen molar-refractivity contribution < 1.29 is 0 Å². The van der Waals surface area contributed by atoms with E-state index in [1.54, 1.807) is 0 Å². The highest BCUT2D eigenvalue weighted by atomic mass is 79.9. The third-order valence-electron chi connectivity index (χ3n) is 3.46. The smallest absolute Gasteiger partial charge is 0.0685 e. The molecule has 0 aliphatic carbocycles. The van der Waals surface area contributed by atoms with E-state index in [-0.39, 0.29) is 6.04 Å². The maximum Gasteiger partial charge on any atom is 0.0685 e. The van der Waals surface area contributed by atoms with Crippen molar-refractivity contribution in [3.63, 3.8) is 0 Å². The zero-order valence-corrected chi connectivity index (χ0v) is 14.1. The van der Waals surface area contributed by atoms with Crippen LogP contribution in [0, 0.1) is 13.8 Å².